The van der Waals surface area contributed by atoms with E-state index in [2.05, 4.69) is 27.3 Å². The van der Waals surface area contributed by atoms with Crippen molar-refractivity contribution in [3.8, 4) is 0 Å². The van der Waals surface area contributed by atoms with Crippen molar-refractivity contribution in [3.05, 3.63) is 18.3 Å². The molecule has 3 heterocycles. The molecule has 2 aliphatic rings. The van der Waals surface area contributed by atoms with Gasteiger partial charge >= 0.3 is 6.03 Å². The Labute approximate surface area is 143 Å². The molecule has 7 heteroatoms. The molecule has 132 valence electrons. The van der Waals surface area contributed by atoms with E-state index in [0.29, 0.717) is 6.54 Å². The average molecular weight is 333 g/mol. The zero-order chi connectivity index (χ0) is 16.8. The maximum absolute atomic E-state index is 12.6. The van der Waals surface area contributed by atoms with Crippen LogP contribution in [0.25, 0.3) is 0 Å². The van der Waals surface area contributed by atoms with Crippen molar-refractivity contribution in [1.29, 1.82) is 0 Å². The lowest BCUT2D eigenvalue weighted by atomic mass is 10.1. The highest BCUT2D eigenvalue weighted by Gasteiger charge is 2.28. The van der Waals surface area contributed by atoms with E-state index < -0.39 is 0 Å². The Hall–Kier alpha value is -1.89. The number of urea groups is 1. The third-order valence-electron chi connectivity index (χ3n) is 4.83. The minimum Gasteiger partial charge on any atom is -0.376 e. The normalized spacial score (nSPS) is 23.0. The molecule has 2 fully saturated rings. The van der Waals surface area contributed by atoms with E-state index in [0.717, 1.165) is 57.7 Å². The monoisotopic (exact) mass is 333 g/mol. The summed E-state index contributed by atoms with van der Waals surface area (Å²) >= 11 is 0. The number of amides is 2. The van der Waals surface area contributed by atoms with E-state index in [4.69, 9.17) is 4.74 Å². The minimum atomic E-state index is 0.0262. The van der Waals surface area contributed by atoms with Gasteiger partial charge in [0.05, 0.1) is 12.1 Å². The first-order valence-electron chi connectivity index (χ1n) is 8.97. The molecule has 24 heavy (non-hydrogen) atoms. The molecule has 7 nitrogen and oxygen atoms in total. The van der Waals surface area contributed by atoms with Crippen LogP contribution in [0.5, 0.6) is 0 Å². The molecule has 3 rings (SSSR count). The maximum atomic E-state index is 12.6. The Morgan fingerprint density at radius 1 is 1.38 bits per heavy atom. The standard InChI is InChI=1S/C17H27N5O2/c1-2-14(15-6-4-13-24-15)19-17(23)22-10-5-9-21(11-12-22)16-7-3-8-18-20-16/h3,7-8,14-15H,2,4-6,9-13H2,1H3,(H,19,23)/t14-,15-/m0/s1. The van der Waals surface area contributed by atoms with Crippen molar-refractivity contribution in [2.75, 3.05) is 37.7 Å². The van der Waals surface area contributed by atoms with Gasteiger partial charge in [-0.05, 0) is 37.8 Å². The summed E-state index contributed by atoms with van der Waals surface area (Å²) < 4.78 is 5.74. The van der Waals surface area contributed by atoms with Crippen molar-refractivity contribution in [1.82, 2.24) is 20.4 Å². The average Bonchev–Trinajstić information content (AvgIpc) is 3.04. The molecule has 0 aliphatic carbocycles. The molecule has 0 spiro atoms. The number of aromatic nitrogens is 2. The van der Waals surface area contributed by atoms with Crippen LogP contribution in [-0.4, -0.2) is 66.1 Å². The maximum Gasteiger partial charge on any atom is 0.317 e. The van der Waals surface area contributed by atoms with Crippen molar-refractivity contribution < 1.29 is 9.53 Å². The molecule has 0 radical (unpaired) electrons. The highest BCUT2D eigenvalue weighted by molar-refractivity contribution is 5.74. The van der Waals surface area contributed by atoms with E-state index in [9.17, 15) is 4.79 Å². The Balaban J connectivity index is 1.54. The molecule has 0 bridgehead atoms. The second kappa shape index (κ2) is 8.28. The lowest BCUT2D eigenvalue weighted by Crippen LogP contribution is -2.49. The SMILES string of the molecule is CC[C@H](NC(=O)N1CCCN(c2cccnn2)CC1)[C@@H]1CCCO1. The highest BCUT2D eigenvalue weighted by Crippen LogP contribution is 2.18. The van der Waals surface area contributed by atoms with E-state index in [1.807, 2.05) is 17.0 Å². The largest absolute Gasteiger partial charge is 0.376 e. The van der Waals surface area contributed by atoms with Gasteiger partial charge in [0, 0.05) is 39.0 Å². The topological polar surface area (TPSA) is 70.6 Å². The summed E-state index contributed by atoms with van der Waals surface area (Å²) in [7, 11) is 0. The van der Waals surface area contributed by atoms with E-state index in [-0.39, 0.29) is 18.2 Å². The second-order valence-electron chi connectivity index (χ2n) is 6.43. The second-order valence-corrected chi connectivity index (χ2v) is 6.43. The Kier molecular flexibility index (Phi) is 5.85. The van der Waals surface area contributed by atoms with Crippen LogP contribution in [0.4, 0.5) is 10.6 Å². The molecule has 0 saturated carbocycles. The van der Waals surface area contributed by atoms with Crippen LogP contribution in [0, 0.1) is 0 Å². The van der Waals surface area contributed by atoms with E-state index in [1.54, 1.807) is 6.20 Å². The summed E-state index contributed by atoms with van der Waals surface area (Å²) in [5.74, 6) is 0.880. The van der Waals surface area contributed by atoms with Crippen LogP contribution in [0.15, 0.2) is 18.3 Å². The first-order chi connectivity index (χ1) is 11.8. The fourth-order valence-corrected chi connectivity index (χ4v) is 3.44. The fraction of sp³-hybridized carbons (Fsp3) is 0.706. The number of nitrogens with one attached hydrogen (secondary N) is 1. The number of carbonyl (C=O) groups is 1. The number of hydrogen-bond acceptors (Lipinski definition) is 5. The molecule has 2 atom stereocenters. The number of carbonyl (C=O) groups excluding carboxylic acids is 1. The Morgan fingerprint density at radius 3 is 3.00 bits per heavy atom. The molecule has 0 aromatic carbocycles. The molecule has 1 aromatic heterocycles. The summed E-state index contributed by atoms with van der Waals surface area (Å²) in [6.07, 6.45) is 5.81. The molecule has 2 saturated heterocycles. The van der Waals surface area contributed by atoms with E-state index in [1.165, 1.54) is 0 Å². The van der Waals surface area contributed by atoms with Crippen LogP contribution in [0.2, 0.25) is 0 Å². The Bertz CT molecular complexity index is 521. The molecule has 1 aromatic rings. The zero-order valence-electron chi connectivity index (χ0n) is 14.4. The van der Waals surface area contributed by atoms with Crippen LogP contribution in [0.3, 0.4) is 0 Å². The van der Waals surface area contributed by atoms with Crippen LogP contribution in [0.1, 0.15) is 32.6 Å². The van der Waals surface area contributed by atoms with Gasteiger partial charge in [0.1, 0.15) is 0 Å². The van der Waals surface area contributed by atoms with Crippen molar-refractivity contribution in [2.45, 2.75) is 44.8 Å². The molecule has 0 unspecified atom stereocenters. The van der Waals surface area contributed by atoms with Crippen molar-refractivity contribution in [3.63, 3.8) is 0 Å². The van der Waals surface area contributed by atoms with Gasteiger partial charge in [0.15, 0.2) is 5.82 Å². The van der Waals surface area contributed by atoms with Crippen molar-refractivity contribution in [2.24, 2.45) is 0 Å². The molecule has 2 aliphatic heterocycles. The summed E-state index contributed by atoms with van der Waals surface area (Å²) in [6.45, 7) is 6.06. The third-order valence-corrected chi connectivity index (χ3v) is 4.83. The van der Waals surface area contributed by atoms with Gasteiger partial charge in [-0.2, -0.15) is 5.10 Å². The van der Waals surface area contributed by atoms with Gasteiger partial charge < -0.3 is 19.9 Å². The van der Waals surface area contributed by atoms with Gasteiger partial charge in [0.2, 0.25) is 0 Å². The lowest BCUT2D eigenvalue weighted by Gasteiger charge is -2.28. The summed E-state index contributed by atoms with van der Waals surface area (Å²) in [6, 6.07) is 4.00. The number of nitrogens with zero attached hydrogens (tertiary/aromatic N) is 4. The zero-order valence-corrected chi connectivity index (χ0v) is 14.4. The third kappa shape index (κ3) is 4.14. The predicted octanol–water partition coefficient (Wildman–Crippen LogP) is 1.66. The number of anilines is 1. The summed E-state index contributed by atoms with van der Waals surface area (Å²) in [4.78, 5) is 16.7. The van der Waals surface area contributed by atoms with Crippen molar-refractivity contribution >= 4 is 11.8 Å². The van der Waals surface area contributed by atoms with E-state index >= 15 is 0 Å². The summed E-state index contributed by atoms with van der Waals surface area (Å²) in [5, 5.41) is 11.3. The molecular weight excluding hydrogens is 306 g/mol. The summed E-state index contributed by atoms with van der Waals surface area (Å²) in [5.41, 5.74) is 0. The smallest absolute Gasteiger partial charge is 0.317 e. The number of ether oxygens (including phenoxy) is 1. The predicted molar refractivity (Wildman–Crippen MR) is 92.0 cm³/mol. The van der Waals surface area contributed by atoms with Gasteiger partial charge in [-0.1, -0.05) is 6.92 Å². The first-order valence-corrected chi connectivity index (χ1v) is 8.97. The van der Waals surface area contributed by atoms with Crippen LogP contribution >= 0.6 is 0 Å². The van der Waals surface area contributed by atoms with Gasteiger partial charge in [0.25, 0.3) is 0 Å². The van der Waals surface area contributed by atoms with Gasteiger partial charge in [-0.25, -0.2) is 4.79 Å². The molecular formula is C17H27N5O2. The highest BCUT2D eigenvalue weighted by atomic mass is 16.5. The van der Waals surface area contributed by atoms with Crippen LogP contribution < -0.4 is 10.2 Å². The molecule has 1 N–H and O–H groups in total. The lowest BCUT2D eigenvalue weighted by molar-refractivity contribution is 0.0771. The van der Waals surface area contributed by atoms with Gasteiger partial charge in [-0.3, -0.25) is 0 Å². The van der Waals surface area contributed by atoms with Gasteiger partial charge in [-0.15, -0.1) is 5.10 Å². The number of hydrogen-bond donors (Lipinski definition) is 1. The number of rotatable bonds is 4. The van der Waals surface area contributed by atoms with Crippen LogP contribution in [-0.2, 0) is 4.74 Å². The minimum absolute atomic E-state index is 0.0262. The fourth-order valence-electron chi connectivity index (χ4n) is 3.44. The quantitative estimate of drug-likeness (QED) is 0.907. The molecule has 2 amide bonds. The Morgan fingerprint density at radius 2 is 2.29 bits per heavy atom. The first kappa shape index (κ1) is 17.0.